The van der Waals surface area contributed by atoms with Gasteiger partial charge in [0.2, 0.25) is 5.88 Å². The lowest BCUT2D eigenvalue weighted by molar-refractivity contribution is 0.0728. The standard InChI is InChI=1S/C11H9NO2S/c1-8-12-10(7-15-8)14-11(13)9-5-3-2-4-6-9/h2-7H,1H3. The van der Waals surface area contributed by atoms with E-state index in [1.54, 1.807) is 29.6 Å². The third-order valence-corrected chi connectivity index (χ3v) is 2.56. The second kappa shape index (κ2) is 4.23. The van der Waals surface area contributed by atoms with Crippen molar-refractivity contribution in [2.75, 3.05) is 0 Å². The number of nitrogens with zero attached hydrogens (tertiary/aromatic N) is 1. The van der Waals surface area contributed by atoms with Crippen LogP contribution in [0.25, 0.3) is 0 Å². The summed E-state index contributed by atoms with van der Waals surface area (Å²) in [5, 5.41) is 2.60. The van der Waals surface area contributed by atoms with Crippen LogP contribution in [0.15, 0.2) is 35.7 Å². The highest BCUT2D eigenvalue weighted by Gasteiger charge is 2.09. The average molecular weight is 219 g/mol. The van der Waals surface area contributed by atoms with Gasteiger partial charge < -0.3 is 4.74 Å². The molecule has 0 saturated carbocycles. The minimum absolute atomic E-state index is 0.367. The van der Waals surface area contributed by atoms with Crippen LogP contribution < -0.4 is 4.74 Å². The first-order valence-corrected chi connectivity index (χ1v) is 5.33. The van der Waals surface area contributed by atoms with Crippen LogP contribution in [-0.2, 0) is 0 Å². The molecule has 4 heteroatoms. The van der Waals surface area contributed by atoms with Gasteiger partial charge in [-0.15, -0.1) is 11.3 Å². The summed E-state index contributed by atoms with van der Waals surface area (Å²) < 4.78 is 5.08. The number of benzene rings is 1. The van der Waals surface area contributed by atoms with Crippen molar-refractivity contribution in [3.8, 4) is 5.88 Å². The number of hydrogen-bond donors (Lipinski definition) is 0. The van der Waals surface area contributed by atoms with Crippen LogP contribution in [0.1, 0.15) is 15.4 Å². The van der Waals surface area contributed by atoms with Crippen LogP contribution in [0.5, 0.6) is 5.88 Å². The maximum Gasteiger partial charge on any atom is 0.344 e. The normalized spacial score (nSPS) is 9.93. The van der Waals surface area contributed by atoms with E-state index in [9.17, 15) is 4.79 Å². The molecule has 15 heavy (non-hydrogen) atoms. The Morgan fingerprint density at radius 3 is 2.67 bits per heavy atom. The third kappa shape index (κ3) is 2.41. The Labute approximate surface area is 91.4 Å². The van der Waals surface area contributed by atoms with Crippen molar-refractivity contribution in [1.29, 1.82) is 0 Å². The van der Waals surface area contributed by atoms with Gasteiger partial charge in [-0.05, 0) is 19.1 Å². The number of ether oxygens (including phenoxy) is 1. The Hall–Kier alpha value is -1.68. The quantitative estimate of drug-likeness (QED) is 0.729. The number of hydrogen-bond acceptors (Lipinski definition) is 4. The van der Waals surface area contributed by atoms with Gasteiger partial charge in [-0.1, -0.05) is 18.2 Å². The molecule has 76 valence electrons. The van der Waals surface area contributed by atoms with Crippen LogP contribution in [0.4, 0.5) is 0 Å². The maximum absolute atomic E-state index is 11.6. The molecule has 0 saturated heterocycles. The monoisotopic (exact) mass is 219 g/mol. The van der Waals surface area contributed by atoms with Gasteiger partial charge in [0, 0.05) is 0 Å². The molecule has 0 aliphatic heterocycles. The molecule has 2 aromatic rings. The molecule has 0 aliphatic rings. The molecule has 0 fully saturated rings. The summed E-state index contributed by atoms with van der Waals surface area (Å²) in [7, 11) is 0. The second-order valence-electron chi connectivity index (χ2n) is 2.96. The summed E-state index contributed by atoms with van der Waals surface area (Å²) in [6.07, 6.45) is 0. The molecule has 3 nitrogen and oxygen atoms in total. The third-order valence-electron chi connectivity index (χ3n) is 1.80. The fourth-order valence-electron chi connectivity index (χ4n) is 1.12. The summed E-state index contributed by atoms with van der Waals surface area (Å²) in [6, 6.07) is 8.86. The Bertz CT molecular complexity index is 464. The second-order valence-corrected chi connectivity index (χ2v) is 4.02. The molecule has 0 bridgehead atoms. The van der Waals surface area contributed by atoms with E-state index in [0.717, 1.165) is 5.01 Å². The summed E-state index contributed by atoms with van der Waals surface area (Å²) in [5.41, 5.74) is 0.531. The van der Waals surface area contributed by atoms with Gasteiger partial charge in [0.1, 0.15) is 0 Å². The van der Waals surface area contributed by atoms with Gasteiger partial charge in [-0.3, -0.25) is 0 Å². The highest BCUT2D eigenvalue weighted by Crippen LogP contribution is 2.16. The first-order chi connectivity index (χ1) is 7.25. The molecule has 1 aromatic carbocycles. The molecule has 0 atom stereocenters. The SMILES string of the molecule is Cc1nc(OC(=O)c2ccccc2)cs1. The summed E-state index contributed by atoms with van der Waals surface area (Å²) in [5.74, 6) is -0.00717. The molecule has 0 amide bonds. The van der Waals surface area contributed by atoms with Crippen molar-refractivity contribution >= 4 is 17.3 Å². The molecule has 1 heterocycles. The lowest BCUT2D eigenvalue weighted by Crippen LogP contribution is -2.08. The number of carbonyl (C=O) groups excluding carboxylic acids is 1. The Morgan fingerprint density at radius 2 is 2.07 bits per heavy atom. The fourth-order valence-corrected chi connectivity index (χ4v) is 1.63. The predicted molar refractivity (Wildman–Crippen MR) is 58.3 cm³/mol. The number of thiazole rings is 1. The van der Waals surface area contributed by atoms with E-state index in [2.05, 4.69) is 4.98 Å². The number of rotatable bonds is 2. The van der Waals surface area contributed by atoms with Crippen molar-refractivity contribution in [1.82, 2.24) is 4.98 Å². The van der Waals surface area contributed by atoms with Crippen molar-refractivity contribution in [2.45, 2.75) is 6.92 Å². The van der Waals surface area contributed by atoms with Crippen molar-refractivity contribution in [3.05, 3.63) is 46.3 Å². The number of aryl methyl sites for hydroxylation is 1. The first-order valence-electron chi connectivity index (χ1n) is 4.45. The zero-order valence-corrected chi connectivity index (χ0v) is 8.95. The Morgan fingerprint density at radius 1 is 1.33 bits per heavy atom. The van der Waals surface area contributed by atoms with Crippen LogP contribution >= 0.6 is 11.3 Å². The smallest absolute Gasteiger partial charge is 0.344 e. The zero-order chi connectivity index (χ0) is 10.7. The molecule has 0 radical (unpaired) electrons. The number of esters is 1. The van der Waals surface area contributed by atoms with Crippen LogP contribution in [0.3, 0.4) is 0 Å². The van der Waals surface area contributed by atoms with E-state index < -0.39 is 0 Å². The lowest BCUT2D eigenvalue weighted by Gasteiger charge is -1.99. The van der Waals surface area contributed by atoms with Gasteiger partial charge in [0.25, 0.3) is 0 Å². The van der Waals surface area contributed by atoms with Crippen LogP contribution in [-0.4, -0.2) is 11.0 Å². The molecule has 0 spiro atoms. The molecule has 2 rings (SSSR count). The largest absolute Gasteiger partial charge is 0.403 e. The zero-order valence-electron chi connectivity index (χ0n) is 8.14. The molecule has 1 aromatic heterocycles. The fraction of sp³-hybridized carbons (Fsp3) is 0.0909. The van der Waals surface area contributed by atoms with Crippen LogP contribution in [0, 0.1) is 6.92 Å². The lowest BCUT2D eigenvalue weighted by atomic mass is 10.2. The van der Waals surface area contributed by atoms with Crippen molar-refractivity contribution in [3.63, 3.8) is 0 Å². The van der Waals surface area contributed by atoms with E-state index in [-0.39, 0.29) is 5.97 Å². The highest BCUT2D eigenvalue weighted by molar-refractivity contribution is 7.09. The van der Waals surface area contributed by atoms with Gasteiger partial charge in [0.15, 0.2) is 0 Å². The number of carbonyl (C=O) groups is 1. The molecule has 0 unspecified atom stereocenters. The number of aromatic nitrogens is 1. The molecular formula is C11H9NO2S. The molecule has 0 N–H and O–H groups in total. The Balaban J connectivity index is 2.11. The van der Waals surface area contributed by atoms with Crippen molar-refractivity contribution < 1.29 is 9.53 Å². The van der Waals surface area contributed by atoms with Gasteiger partial charge in [-0.25, -0.2) is 9.78 Å². The maximum atomic E-state index is 11.6. The summed E-state index contributed by atoms with van der Waals surface area (Å²) >= 11 is 1.45. The van der Waals surface area contributed by atoms with E-state index in [4.69, 9.17) is 4.74 Å². The topological polar surface area (TPSA) is 39.2 Å². The van der Waals surface area contributed by atoms with E-state index in [0.29, 0.717) is 11.4 Å². The van der Waals surface area contributed by atoms with E-state index in [1.807, 2.05) is 13.0 Å². The molecule has 0 aliphatic carbocycles. The van der Waals surface area contributed by atoms with Crippen LogP contribution in [0.2, 0.25) is 0 Å². The predicted octanol–water partition coefficient (Wildman–Crippen LogP) is 2.67. The van der Waals surface area contributed by atoms with E-state index >= 15 is 0 Å². The van der Waals surface area contributed by atoms with E-state index in [1.165, 1.54) is 11.3 Å². The van der Waals surface area contributed by atoms with Gasteiger partial charge in [-0.2, -0.15) is 0 Å². The summed E-state index contributed by atoms with van der Waals surface area (Å²) in [6.45, 7) is 1.87. The minimum atomic E-state index is -0.374. The van der Waals surface area contributed by atoms with Crippen molar-refractivity contribution in [2.24, 2.45) is 0 Å². The highest BCUT2D eigenvalue weighted by atomic mass is 32.1. The summed E-state index contributed by atoms with van der Waals surface area (Å²) in [4.78, 5) is 15.6. The Kier molecular flexibility index (Phi) is 2.78. The van der Waals surface area contributed by atoms with Gasteiger partial charge >= 0.3 is 5.97 Å². The first kappa shape index (κ1) is 9.86. The minimum Gasteiger partial charge on any atom is -0.403 e. The average Bonchev–Trinajstić information content (AvgIpc) is 2.65. The van der Waals surface area contributed by atoms with Gasteiger partial charge in [0.05, 0.1) is 16.0 Å². The molecular weight excluding hydrogens is 210 g/mol.